The Hall–Kier alpha value is -2.82. The van der Waals surface area contributed by atoms with E-state index in [1.54, 1.807) is 0 Å². The van der Waals surface area contributed by atoms with Gasteiger partial charge in [0, 0.05) is 26.1 Å². The van der Waals surface area contributed by atoms with Gasteiger partial charge < -0.3 is 25.4 Å². The molecule has 0 aliphatic carbocycles. The van der Waals surface area contributed by atoms with Crippen molar-refractivity contribution in [1.82, 2.24) is 20.6 Å². The SMILES string of the molecule is COCCC(NC(=O)c1cnccn1)C(=O)N[C@@H](CCCc1ccccc1)B(O)O. The molecule has 1 heterocycles. The van der Waals surface area contributed by atoms with E-state index < -0.39 is 30.9 Å². The molecule has 0 fully saturated rings. The number of methoxy groups -OCH3 is 1. The summed E-state index contributed by atoms with van der Waals surface area (Å²) in [6.45, 7) is 0.235. The van der Waals surface area contributed by atoms with Crippen LogP contribution in [0.1, 0.15) is 35.3 Å². The highest BCUT2D eigenvalue weighted by atomic mass is 16.5. The summed E-state index contributed by atoms with van der Waals surface area (Å²) >= 11 is 0. The van der Waals surface area contributed by atoms with E-state index in [2.05, 4.69) is 20.6 Å². The molecule has 2 rings (SSSR count). The van der Waals surface area contributed by atoms with Gasteiger partial charge in [0.25, 0.3) is 5.91 Å². The predicted molar refractivity (Wildman–Crippen MR) is 111 cm³/mol. The van der Waals surface area contributed by atoms with Crippen LogP contribution in [0.5, 0.6) is 0 Å². The number of nitrogens with zero attached hydrogens (tertiary/aromatic N) is 2. The fourth-order valence-corrected chi connectivity index (χ4v) is 2.90. The van der Waals surface area contributed by atoms with E-state index in [0.717, 1.165) is 12.0 Å². The number of amides is 2. The highest BCUT2D eigenvalue weighted by Crippen LogP contribution is 2.08. The summed E-state index contributed by atoms with van der Waals surface area (Å²) in [5, 5.41) is 24.6. The fraction of sp³-hybridized carbons (Fsp3) is 0.400. The van der Waals surface area contributed by atoms with Crippen molar-refractivity contribution < 1.29 is 24.4 Å². The van der Waals surface area contributed by atoms with Crippen molar-refractivity contribution in [3.8, 4) is 0 Å². The van der Waals surface area contributed by atoms with Crippen LogP contribution in [0.15, 0.2) is 48.9 Å². The summed E-state index contributed by atoms with van der Waals surface area (Å²) in [7, 11) is -0.230. The molecule has 0 radical (unpaired) electrons. The predicted octanol–water partition coefficient (Wildman–Crippen LogP) is 0.131. The van der Waals surface area contributed by atoms with Gasteiger partial charge in [0.2, 0.25) is 5.91 Å². The van der Waals surface area contributed by atoms with E-state index in [1.807, 2.05) is 30.3 Å². The van der Waals surface area contributed by atoms with Gasteiger partial charge in [-0.05, 0) is 31.2 Å². The van der Waals surface area contributed by atoms with Gasteiger partial charge in [0.1, 0.15) is 11.7 Å². The van der Waals surface area contributed by atoms with Crippen molar-refractivity contribution in [2.75, 3.05) is 13.7 Å². The van der Waals surface area contributed by atoms with Crippen LogP contribution in [0.25, 0.3) is 0 Å². The van der Waals surface area contributed by atoms with Gasteiger partial charge >= 0.3 is 7.12 Å². The highest BCUT2D eigenvalue weighted by Gasteiger charge is 2.29. The third-order valence-electron chi connectivity index (χ3n) is 4.54. The average Bonchev–Trinajstić information content (AvgIpc) is 2.76. The molecule has 4 N–H and O–H groups in total. The summed E-state index contributed by atoms with van der Waals surface area (Å²) < 4.78 is 5.02. The third-order valence-corrected chi connectivity index (χ3v) is 4.54. The van der Waals surface area contributed by atoms with Crippen molar-refractivity contribution >= 4 is 18.9 Å². The van der Waals surface area contributed by atoms with E-state index in [9.17, 15) is 19.6 Å². The molecule has 10 heteroatoms. The van der Waals surface area contributed by atoms with Crippen LogP contribution in [0.2, 0.25) is 0 Å². The number of hydrogen-bond donors (Lipinski definition) is 4. The number of benzene rings is 1. The highest BCUT2D eigenvalue weighted by molar-refractivity contribution is 6.43. The van der Waals surface area contributed by atoms with E-state index in [4.69, 9.17) is 4.74 Å². The molecule has 1 aromatic carbocycles. The van der Waals surface area contributed by atoms with Crippen LogP contribution in [0.4, 0.5) is 0 Å². The lowest BCUT2D eigenvalue weighted by atomic mass is 9.76. The van der Waals surface area contributed by atoms with Crippen LogP contribution >= 0.6 is 0 Å². The van der Waals surface area contributed by atoms with Gasteiger partial charge in [-0.2, -0.15) is 0 Å². The Morgan fingerprint density at radius 2 is 1.90 bits per heavy atom. The normalized spacial score (nSPS) is 12.6. The molecule has 0 saturated heterocycles. The first-order valence-corrected chi connectivity index (χ1v) is 9.77. The molecule has 160 valence electrons. The molecule has 9 nitrogen and oxygen atoms in total. The molecular formula is C20H27BN4O5. The minimum absolute atomic E-state index is 0.0781. The van der Waals surface area contributed by atoms with E-state index in [1.165, 1.54) is 25.7 Å². The van der Waals surface area contributed by atoms with Crippen LogP contribution < -0.4 is 10.6 Å². The van der Waals surface area contributed by atoms with E-state index in [0.29, 0.717) is 12.8 Å². The maximum absolute atomic E-state index is 12.7. The first kappa shape index (κ1) is 23.5. The second-order valence-corrected chi connectivity index (χ2v) is 6.80. The Kier molecular flexibility index (Phi) is 9.92. The van der Waals surface area contributed by atoms with Crippen molar-refractivity contribution in [3.05, 3.63) is 60.2 Å². The molecule has 2 amide bonds. The minimum Gasteiger partial charge on any atom is -0.426 e. The quantitative estimate of drug-likeness (QED) is 0.363. The zero-order valence-corrected chi connectivity index (χ0v) is 16.9. The van der Waals surface area contributed by atoms with Crippen molar-refractivity contribution in [2.45, 2.75) is 37.7 Å². The van der Waals surface area contributed by atoms with Gasteiger partial charge in [0.15, 0.2) is 0 Å². The average molecular weight is 414 g/mol. The number of carbonyl (C=O) groups excluding carboxylic acids is 2. The minimum atomic E-state index is -1.72. The Morgan fingerprint density at radius 1 is 1.13 bits per heavy atom. The number of aryl methyl sites for hydroxylation is 1. The lowest BCUT2D eigenvalue weighted by molar-refractivity contribution is -0.123. The van der Waals surface area contributed by atoms with Crippen LogP contribution in [-0.2, 0) is 16.0 Å². The zero-order valence-electron chi connectivity index (χ0n) is 16.9. The first-order valence-electron chi connectivity index (χ1n) is 9.77. The number of aromatic nitrogens is 2. The summed E-state index contributed by atoms with van der Waals surface area (Å²) in [5.74, 6) is -1.94. The maximum atomic E-state index is 12.7. The number of nitrogens with one attached hydrogen (secondary N) is 2. The smallest absolute Gasteiger partial charge is 0.426 e. The summed E-state index contributed by atoms with van der Waals surface area (Å²) in [5.41, 5.74) is 1.21. The van der Waals surface area contributed by atoms with Crippen molar-refractivity contribution in [3.63, 3.8) is 0 Å². The monoisotopic (exact) mass is 414 g/mol. The number of hydrogen-bond acceptors (Lipinski definition) is 7. The molecule has 0 bridgehead atoms. The van der Waals surface area contributed by atoms with Gasteiger partial charge in [-0.25, -0.2) is 4.98 Å². The number of ether oxygens (including phenoxy) is 1. The molecule has 2 aromatic rings. The van der Waals surface area contributed by atoms with Crippen molar-refractivity contribution in [1.29, 1.82) is 0 Å². The standard InChI is InChI=1S/C20H27BN4O5/c1-30-13-10-16(24-20(27)17-14-22-11-12-23-17)19(26)25-18(21(28)29)9-5-8-15-6-3-2-4-7-15/h2-4,6-7,11-12,14,16,18,28-29H,5,8-10,13H2,1H3,(H,24,27)(H,25,26)/t16?,18-/m0/s1. The zero-order chi connectivity index (χ0) is 21.8. The Bertz CT molecular complexity index is 779. The van der Waals surface area contributed by atoms with Crippen LogP contribution in [-0.4, -0.2) is 64.6 Å². The first-order chi connectivity index (χ1) is 14.5. The van der Waals surface area contributed by atoms with E-state index >= 15 is 0 Å². The van der Waals surface area contributed by atoms with Gasteiger partial charge in [-0.15, -0.1) is 0 Å². The molecule has 1 unspecified atom stereocenters. The molecule has 2 atom stereocenters. The van der Waals surface area contributed by atoms with E-state index in [-0.39, 0.29) is 18.7 Å². The molecule has 30 heavy (non-hydrogen) atoms. The Morgan fingerprint density at radius 3 is 2.53 bits per heavy atom. The number of carbonyl (C=O) groups is 2. The molecule has 0 saturated carbocycles. The summed E-state index contributed by atoms with van der Waals surface area (Å²) in [6, 6.07) is 8.87. The topological polar surface area (TPSA) is 134 Å². The van der Waals surface area contributed by atoms with Crippen LogP contribution in [0, 0.1) is 0 Å². The third kappa shape index (κ3) is 7.90. The van der Waals surface area contributed by atoms with Crippen molar-refractivity contribution in [2.24, 2.45) is 0 Å². The molecule has 1 aromatic heterocycles. The van der Waals surface area contributed by atoms with Gasteiger partial charge in [0.05, 0.1) is 12.1 Å². The maximum Gasteiger partial charge on any atom is 0.475 e. The Balaban J connectivity index is 1.95. The molecular weight excluding hydrogens is 387 g/mol. The summed E-state index contributed by atoms with van der Waals surface area (Å²) in [4.78, 5) is 32.8. The summed E-state index contributed by atoms with van der Waals surface area (Å²) in [6.07, 6.45) is 6.10. The molecule has 0 spiro atoms. The lowest BCUT2D eigenvalue weighted by Gasteiger charge is -2.23. The second-order valence-electron chi connectivity index (χ2n) is 6.80. The molecule has 0 aliphatic rings. The van der Waals surface area contributed by atoms with Gasteiger partial charge in [-0.1, -0.05) is 30.3 Å². The van der Waals surface area contributed by atoms with Gasteiger partial charge in [-0.3, -0.25) is 14.6 Å². The van der Waals surface area contributed by atoms with Crippen LogP contribution in [0.3, 0.4) is 0 Å². The number of rotatable bonds is 12. The lowest BCUT2D eigenvalue weighted by Crippen LogP contribution is -2.54. The second kappa shape index (κ2) is 12.7. The molecule has 0 aliphatic heterocycles. The largest absolute Gasteiger partial charge is 0.475 e. The fourth-order valence-electron chi connectivity index (χ4n) is 2.90. The Labute approximate surface area is 176 Å².